The summed E-state index contributed by atoms with van der Waals surface area (Å²) in [5, 5.41) is 0. The Morgan fingerprint density at radius 1 is 1.27 bits per heavy atom. The second-order valence-corrected chi connectivity index (χ2v) is 5.40. The van der Waals surface area contributed by atoms with Gasteiger partial charge in [0, 0.05) is 18.6 Å². The third-order valence-corrected chi connectivity index (χ3v) is 4.31. The smallest absolute Gasteiger partial charge is 0.0217 e. The first-order valence-electron chi connectivity index (χ1n) is 6.33. The second kappa shape index (κ2) is 4.81. The molecule has 88 valence electrons. The number of nitrogens with zero attached hydrogens (tertiary/aromatic N) is 2. The third kappa shape index (κ3) is 2.35. The zero-order valence-electron chi connectivity index (χ0n) is 10.2. The summed E-state index contributed by atoms with van der Waals surface area (Å²) in [6, 6.07) is 1.57. The van der Waals surface area contributed by atoms with E-state index in [4.69, 9.17) is 5.73 Å². The number of nitrogens with two attached hydrogens (primary N) is 1. The highest BCUT2D eigenvalue weighted by Gasteiger charge is 2.36. The fourth-order valence-corrected chi connectivity index (χ4v) is 3.01. The van der Waals surface area contributed by atoms with Gasteiger partial charge in [-0.3, -0.25) is 4.90 Å². The SMILES string of the molecule is CN(C)C1CCCN(C2CCC2CN)C1. The van der Waals surface area contributed by atoms with E-state index in [0.29, 0.717) is 0 Å². The monoisotopic (exact) mass is 211 g/mol. The lowest BCUT2D eigenvalue weighted by Crippen LogP contribution is -2.55. The molecule has 1 saturated heterocycles. The average molecular weight is 211 g/mol. The van der Waals surface area contributed by atoms with Crippen LogP contribution < -0.4 is 5.73 Å². The maximum atomic E-state index is 5.79. The fourth-order valence-electron chi connectivity index (χ4n) is 3.01. The molecule has 0 radical (unpaired) electrons. The topological polar surface area (TPSA) is 32.5 Å². The Hall–Kier alpha value is -0.120. The molecule has 0 bridgehead atoms. The molecule has 3 heteroatoms. The van der Waals surface area contributed by atoms with Gasteiger partial charge in [-0.25, -0.2) is 0 Å². The molecule has 1 heterocycles. The lowest BCUT2D eigenvalue weighted by Gasteiger charge is -2.48. The van der Waals surface area contributed by atoms with Gasteiger partial charge in [-0.15, -0.1) is 0 Å². The predicted octanol–water partition coefficient (Wildman–Crippen LogP) is 0.750. The normalized spacial score (nSPS) is 38.0. The van der Waals surface area contributed by atoms with Gasteiger partial charge < -0.3 is 10.6 Å². The Morgan fingerprint density at radius 3 is 2.60 bits per heavy atom. The molecule has 0 aromatic heterocycles. The first-order chi connectivity index (χ1) is 7.22. The summed E-state index contributed by atoms with van der Waals surface area (Å²) < 4.78 is 0. The number of likely N-dealkylation sites (N-methyl/N-ethyl adjacent to an activating group) is 1. The molecule has 15 heavy (non-hydrogen) atoms. The van der Waals surface area contributed by atoms with Gasteiger partial charge in [0.05, 0.1) is 0 Å². The minimum absolute atomic E-state index is 0.762. The molecule has 3 atom stereocenters. The van der Waals surface area contributed by atoms with Crippen LogP contribution in [-0.4, -0.2) is 55.6 Å². The first kappa shape index (κ1) is 11.4. The first-order valence-corrected chi connectivity index (χ1v) is 6.33. The van der Waals surface area contributed by atoms with Crippen LogP contribution in [0.2, 0.25) is 0 Å². The predicted molar refractivity (Wildman–Crippen MR) is 63.8 cm³/mol. The maximum Gasteiger partial charge on any atom is 0.0217 e. The molecule has 1 aliphatic carbocycles. The van der Waals surface area contributed by atoms with Gasteiger partial charge in [-0.2, -0.15) is 0 Å². The number of hydrogen-bond donors (Lipinski definition) is 1. The molecule has 0 aromatic rings. The standard InChI is InChI=1S/C12H25N3/c1-14(2)11-4-3-7-15(9-11)12-6-5-10(12)8-13/h10-12H,3-9,13H2,1-2H3. The molecule has 0 aromatic carbocycles. The molecule has 0 spiro atoms. The van der Waals surface area contributed by atoms with Gasteiger partial charge in [0.15, 0.2) is 0 Å². The summed E-state index contributed by atoms with van der Waals surface area (Å²) in [5.41, 5.74) is 5.79. The minimum Gasteiger partial charge on any atom is -0.330 e. The lowest BCUT2D eigenvalue weighted by atomic mass is 9.77. The molecular weight excluding hydrogens is 186 g/mol. The second-order valence-electron chi connectivity index (χ2n) is 5.40. The highest BCUT2D eigenvalue weighted by molar-refractivity contribution is 4.92. The Balaban J connectivity index is 1.87. The molecule has 2 N–H and O–H groups in total. The van der Waals surface area contributed by atoms with Crippen LogP contribution in [0.1, 0.15) is 25.7 Å². The molecule has 3 unspecified atom stereocenters. The molecule has 3 nitrogen and oxygen atoms in total. The molecule has 2 aliphatic rings. The van der Waals surface area contributed by atoms with E-state index in [1.807, 2.05) is 0 Å². The number of likely N-dealkylation sites (tertiary alicyclic amines) is 1. The summed E-state index contributed by atoms with van der Waals surface area (Å²) in [5.74, 6) is 0.783. The van der Waals surface area contributed by atoms with Crippen LogP contribution in [0.3, 0.4) is 0 Å². The summed E-state index contributed by atoms with van der Waals surface area (Å²) in [7, 11) is 4.41. The van der Waals surface area contributed by atoms with E-state index in [9.17, 15) is 0 Å². The van der Waals surface area contributed by atoms with E-state index in [0.717, 1.165) is 24.5 Å². The van der Waals surface area contributed by atoms with Gasteiger partial charge >= 0.3 is 0 Å². The number of rotatable bonds is 3. The number of piperidine rings is 1. The van der Waals surface area contributed by atoms with Crippen molar-refractivity contribution < 1.29 is 0 Å². The zero-order chi connectivity index (χ0) is 10.8. The van der Waals surface area contributed by atoms with E-state index in [2.05, 4.69) is 23.9 Å². The fraction of sp³-hybridized carbons (Fsp3) is 1.00. The third-order valence-electron chi connectivity index (χ3n) is 4.31. The zero-order valence-corrected chi connectivity index (χ0v) is 10.2. The van der Waals surface area contributed by atoms with Gasteiger partial charge in [0.25, 0.3) is 0 Å². The van der Waals surface area contributed by atoms with Crippen LogP contribution in [0.25, 0.3) is 0 Å². The molecular formula is C12H25N3. The summed E-state index contributed by atoms with van der Waals surface area (Å²) in [4.78, 5) is 5.07. The van der Waals surface area contributed by atoms with Crippen molar-refractivity contribution in [2.45, 2.75) is 37.8 Å². The van der Waals surface area contributed by atoms with E-state index in [1.54, 1.807) is 0 Å². The van der Waals surface area contributed by atoms with E-state index in [-0.39, 0.29) is 0 Å². The minimum atomic E-state index is 0.762. The van der Waals surface area contributed by atoms with Crippen molar-refractivity contribution in [1.82, 2.24) is 9.80 Å². The summed E-state index contributed by atoms with van der Waals surface area (Å²) >= 11 is 0. The summed E-state index contributed by atoms with van der Waals surface area (Å²) in [6.07, 6.45) is 5.45. The molecule has 1 aliphatic heterocycles. The lowest BCUT2D eigenvalue weighted by molar-refractivity contribution is 0.0230. The van der Waals surface area contributed by atoms with Crippen molar-refractivity contribution in [3.63, 3.8) is 0 Å². The van der Waals surface area contributed by atoms with Crippen LogP contribution in [0.5, 0.6) is 0 Å². The molecule has 1 saturated carbocycles. The van der Waals surface area contributed by atoms with Crippen LogP contribution in [0.4, 0.5) is 0 Å². The average Bonchev–Trinajstić information content (AvgIpc) is 2.17. The Kier molecular flexibility index (Phi) is 3.65. The maximum absolute atomic E-state index is 5.79. The quantitative estimate of drug-likeness (QED) is 0.748. The highest BCUT2D eigenvalue weighted by Crippen LogP contribution is 2.33. The van der Waals surface area contributed by atoms with Crippen LogP contribution >= 0.6 is 0 Å². The van der Waals surface area contributed by atoms with E-state index < -0.39 is 0 Å². The van der Waals surface area contributed by atoms with Crippen molar-refractivity contribution in [2.24, 2.45) is 11.7 Å². The van der Waals surface area contributed by atoms with Crippen LogP contribution in [0, 0.1) is 5.92 Å². The Labute approximate surface area is 93.6 Å². The highest BCUT2D eigenvalue weighted by atomic mass is 15.2. The molecule has 2 rings (SSSR count). The van der Waals surface area contributed by atoms with Gasteiger partial charge in [-0.05, 0) is 58.8 Å². The molecule has 2 fully saturated rings. The van der Waals surface area contributed by atoms with Crippen LogP contribution in [0.15, 0.2) is 0 Å². The van der Waals surface area contributed by atoms with E-state index >= 15 is 0 Å². The summed E-state index contributed by atoms with van der Waals surface area (Å²) in [6.45, 7) is 3.44. The van der Waals surface area contributed by atoms with Crippen molar-refractivity contribution in [3.8, 4) is 0 Å². The van der Waals surface area contributed by atoms with E-state index in [1.165, 1.54) is 38.8 Å². The van der Waals surface area contributed by atoms with Crippen molar-refractivity contribution >= 4 is 0 Å². The Morgan fingerprint density at radius 2 is 2.07 bits per heavy atom. The molecule has 0 amide bonds. The van der Waals surface area contributed by atoms with Crippen molar-refractivity contribution in [3.05, 3.63) is 0 Å². The number of hydrogen-bond acceptors (Lipinski definition) is 3. The van der Waals surface area contributed by atoms with Crippen molar-refractivity contribution in [1.29, 1.82) is 0 Å². The van der Waals surface area contributed by atoms with Crippen LogP contribution in [-0.2, 0) is 0 Å². The van der Waals surface area contributed by atoms with Gasteiger partial charge in [0.1, 0.15) is 0 Å². The largest absolute Gasteiger partial charge is 0.330 e. The Bertz CT molecular complexity index is 203. The van der Waals surface area contributed by atoms with Crippen molar-refractivity contribution in [2.75, 3.05) is 33.7 Å². The van der Waals surface area contributed by atoms with Gasteiger partial charge in [-0.1, -0.05) is 0 Å². The van der Waals surface area contributed by atoms with Gasteiger partial charge in [0.2, 0.25) is 0 Å².